The van der Waals surface area contributed by atoms with E-state index in [9.17, 15) is 4.79 Å². The van der Waals surface area contributed by atoms with Crippen LogP contribution in [0.25, 0.3) is 16.7 Å². The molecule has 1 unspecified atom stereocenters. The van der Waals surface area contributed by atoms with E-state index in [2.05, 4.69) is 35.3 Å². The molecule has 7 nitrogen and oxygen atoms in total. The zero-order chi connectivity index (χ0) is 20.2. The number of hydrogen-bond donors (Lipinski definition) is 2. The lowest BCUT2D eigenvalue weighted by Crippen LogP contribution is -2.29. The van der Waals surface area contributed by atoms with Crippen LogP contribution in [-0.2, 0) is 6.42 Å². The second kappa shape index (κ2) is 6.34. The Bertz CT molecular complexity index is 1250. The highest BCUT2D eigenvalue weighted by Gasteiger charge is 2.35. The van der Waals surface area contributed by atoms with E-state index < -0.39 is 0 Å². The molecule has 3 aromatic heterocycles. The Hall–Kier alpha value is -3.35. The maximum Gasteiger partial charge on any atom is 0.263 e. The molecule has 3 heterocycles. The zero-order valence-electron chi connectivity index (χ0n) is 16.7. The number of aromatic amines is 1. The van der Waals surface area contributed by atoms with Crippen LogP contribution in [0.2, 0.25) is 0 Å². The fourth-order valence-corrected chi connectivity index (χ4v) is 4.22. The van der Waals surface area contributed by atoms with Crippen molar-refractivity contribution >= 4 is 17.0 Å². The molecule has 7 heteroatoms. The summed E-state index contributed by atoms with van der Waals surface area (Å²) < 4.78 is 7.61. The third-order valence-corrected chi connectivity index (χ3v) is 5.49. The van der Waals surface area contributed by atoms with Crippen LogP contribution in [0.4, 0.5) is 5.95 Å². The Balaban J connectivity index is 1.57. The van der Waals surface area contributed by atoms with Crippen LogP contribution in [0.1, 0.15) is 43.4 Å². The predicted octanol–water partition coefficient (Wildman–Crippen LogP) is 4.14. The second-order valence-corrected chi connectivity index (χ2v) is 8.52. The number of fused-ring (bicyclic) bond motifs is 2. The molecule has 0 bridgehead atoms. The monoisotopic (exact) mass is 389 g/mol. The van der Waals surface area contributed by atoms with Gasteiger partial charge in [0.2, 0.25) is 5.95 Å². The highest BCUT2D eigenvalue weighted by Crippen LogP contribution is 2.43. The van der Waals surface area contributed by atoms with Gasteiger partial charge in [0.05, 0.1) is 17.9 Å². The molecule has 0 radical (unpaired) electrons. The molecule has 0 spiro atoms. The summed E-state index contributed by atoms with van der Waals surface area (Å²) >= 11 is 0. The van der Waals surface area contributed by atoms with E-state index >= 15 is 0 Å². The SMILES string of the molecule is Cc1cc2c(o1)CC(C)(C)CC2Nc1nc2c(cnn2-c2ccccc2)c(=O)[nH]1. The Labute approximate surface area is 167 Å². The molecular formula is C22H23N5O2. The summed E-state index contributed by atoms with van der Waals surface area (Å²) in [6.07, 6.45) is 3.37. The van der Waals surface area contributed by atoms with Crippen LogP contribution >= 0.6 is 0 Å². The summed E-state index contributed by atoms with van der Waals surface area (Å²) in [6.45, 7) is 6.42. The number of aryl methyl sites for hydroxylation is 1. The zero-order valence-corrected chi connectivity index (χ0v) is 16.7. The van der Waals surface area contributed by atoms with Gasteiger partial charge in [0, 0.05) is 12.0 Å². The minimum absolute atomic E-state index is 0.0138. The Kier molecular flexibility index (Phi) is 3.87. The van der Waals surface area contributed by atoms with Crippen LogP contribution in [0.3, 0.4) is 0 Å². The molecule has 1 aliphatic rings. The predicted molar refractivity (Wildman–Crippen MR) is 111 cm³/mol. The first kappa shape index (κ1) is 17.7. The van der Waals surface area contributed by atoms with E-state index in [4.69, 9.17) is 9.40 Å². The van der Waals surface area contributed by atoms with Crippen LogP contribution in [0, 0.1) is 12.3 Å². The van der Waals surface area contributed by atoms with E-state index in [0.717, 1.165) is 35.6 Å². The quantitative estimate of drug-likeness (QED) is 0.550. The molecule has 148 valence electrons. The number of nitrogens with zero attached hydrogens (tertiary/aromatic N) is 3. The Morgan fingerprint density at radius 1 is 1.28 bits per heavy atom. The van der Waals surface area contributed by atoms with Crippen LogP contribution in [0.5, 0.6) is 0 Å². The van der Waals surface area contributed by atoms with Gasteiger partial charge >= 0.3 is 0 Å². The molecule has 29 heavy (non-hydrogen) atoms. The van der Waals surface area contributed by atoms with Gasteiger partial charge in [0.15, 0.2) is 5.65 Å². The minimum atomic E-state index is -0.210. The van der Waals surface area contributed by atoms with Crippen molar-refractivity contribution < 1.29 is 4.42 Å². The largest absolute Gasteiger partial charge is 0.466 e. The van der Waals surface area contributed by atoms with Gasteiger partial charge in [-0.1, -0.05) is 32.0 Å². The molecular weight excluding hydrogens is 366 g/mol. The molecule has 0 saturated carbocycles. The second-order valence-electron chi connectivity index (χ2n) is 8.52. The summed E-state index contributed by atoms with van der Waals surface area (Å²) in [5.74, 6) is 2.35. The van der Waals surface area contributed by atoms with Crippen molar-refractivity contribution in [1.29, 1.82) is 0 Å². The number of para-hydroxylation sites is 1. The van der Waals surface area contributed by atoms with E-state index in [1.807, 2.05) is 37.3 Å². The third-order valence-electron chi connectivity index (χ3n) is 5.49. The Morgan fingerprint density at radius 3 is 2.86 bits per heavy atom. The van der Waals surface area contributed by atoms with Crippen molar-refractivity contribution in [2.75, 3.05) is 5.32 Å². The molecule has 1 aliphatic carbocycles. The number of nitrogens with one attached hydrogen (secondary N) is 2. The maximum atomic E-state index is 12.7. The van der Waals surface area contributed by atoms with Gasteiger partial charge in [0.25, 0.3) is 5.56 Å². The van der Waals surface area contributed by atoms with E-state index in [0.29, 0.717) is 17.0 Å². The van der Waals surface area contributed by atoms with Crippen molar-refractivity contribution in [3.63, 3.8) is 0 Å². The Morgan fingerprint density at radius 2 is 2.07 bits per heavy atom. The fraction of sp³-hybridized carbons (Fsp3) is 0.318. The fourth-order valence-electron chi connectivity index (χ4n) is 4.22. The smallest absolute Gasteiger partial charge is 0.263 e. The normalized spacial score (nSPS) is 18.0. The highest BCUT2D eigenvalue weighted by atomic mass is 16.3. The van der Waals surface area contributed by atoms with Crippen molar-refractivity contribution in [3.8, 4) is 5.69 Å². The summed E-state index contributed by atoms with van der Waals surface area (Å²) in [5, 5.41) is 8.27. The average molecular weight is 389 g/mol. The average Bonchev–Trinajstić information content (AvgIpc) is 3.25. The van der Waals surface area contributed by atoms with Crippen molar-refractivity contribution in [3.05, 3.63) is 70.0 Å². The summed E-state index contributed by atoms with van der Waals surface area (Å²) in [5.41, 5.74) is 2.41. The van der Waals surface area contributed by atoms with Crippen LogP contribution < -0.4 is 10.9 Å². The summed E-state index contributed by atoms with van der Waals surface area (Å²) in [4.78, 5) is 20.2. The summed E-state index contributed by atoms with van der Waals surface area (Å²) in [6, 6.07) is 11.8. The van der Waals surface area contributed by atoms with Gasteiger partial charge in [-0.2, -0.15) is 10.1 Å². The molecule has 0 aliphatic heterocycles. The maximum absolute atomic E-state index is 12.7. The van der Waals surface area contributed by atoms with Gasteiger partial charge < -0.3 is 9.73 Å². The minimum Gasteiger partial charge on any atom is -0.466 e. The van der Waals surface area contributed by atoms with Crippen LogP contribution in [-0.4, -0.2) is 19.7 Å². The number of benzene rings is 1. The number of anilines is 1. The molecule has 1 atom stereocenters. The van der Waals surface area contributed by atoms with Gasteiger partial charge in [-0.3, -0.25) is 9.78 Å². The van der Waals surface area contributed by atoms with E-state index in [1.165, 1.54) is 0 Å². The number of H-pyrrole nitrogens is 1. The van der Waals surface area contributed by atoms with Gasteiger partial charge in [-0.25, -0.2) is 4.68 Å². The van der Waals surface area contributed by atoms with Crippen molar-refractivity contribution in [2.24, 2.45) is 5.41 Å². The van der Waals surface area contributed by atoms with Gasteiger partial charge in [-0.05, 0) is 37.0 Å². The first-order valence-corrected chi connectivity index (χ1v) is 9.79. The lowest BCUT2D eigenvalue weighted by Gasteiger charge is -2.34. The van der Waals surface area contributed by atoms with Crippen LogP contribution in [0.15, 0.2) is 51.8 Å². The number of hydrogen-bond acceptors (Lipinski definition) is 5. The van der Waals surface area contributed by atoms with Gasteiger partial charge in [-0.15, -0.1) is 0 Å². The van der Waals surface area contributed by atoms with Crippen molar-refractivity contribution in [2.45, 2.75) is 39.7 Å². The van der Waals surface area contributed by atoms with Crippen molar-refractivity contribution in [1.82, 2.24) is 19.7 Å². The first-order valence-electron chi connectivity index (χ1n) is 9.79. The lowest BCUT2D eigenvalue weighted by atomic mass is 9.75. The summed E-state index contributed by atoms with van der Waals surface area (Å²) in [7, 11) is 0. The first-order chi connectivity index (χ1) is 13.9. The topological polar surface area (TPSA) is 88.7 Å². The molecule has 4 aromatic rings. The third kappa shape index (κ3) is 3.12. The number of rotatable bonds is 3. The standard InChI is InChI=1S/C22H23N5O2/c1-13-9-15-17(10-22(2,3)11-18(15)29-13)24-21-25-19-16(20(28)26-21)12-23-27(19)14-7-5-4-6-8-14/h4-9,12,17H,10-11H2,1-3H3,(H2,24,25,26,28). The molecule has 0 saturated heterocycles. The molecule has 0 fully saturated rings. The lowest BCUT2D eigenvalue weighted by molar-refractivity contribution is 0.261. The molecule has 5 rings (SSSR count). The van der Waals surface area contributed by atoms with E-state index in [1.54, 1.807) is 10.9 Å². The molecule has 1 aromatic carbocycles. The number of aromatic nitrogens is 4. The van der Waals surface area contributed by atoms with Gasteiger partial charge in [0.1, 0.15) is 16.9 Å². The molecule has 0 amide bonds. The highest BCUT2D eigenvalue weighted by molar-refractivity contribution is 5.76. The number of furan rings is 1. The molecule has 2 N–H and O–H groups in total. The van der Waals surface area contributed by atoms with E-state index in [-0.39, 0.29) is 17.0 Å².